The Labute approximate surface area is 146 Å². The molecular formula is C18H20ClN3O2. The van der Waals surface area contributed by atoms with E-state index < -0.39 is 5.97 Å². The molecule has 0 amide bonds. The van der Waals surface area contributed by atoms with Crippen molar-refractivity contribution in [3.63, 3.8) is 0 Å². The summed E-state index contributed by atoms with van der Waals surface area (Å²) in [4.78, 5) is 11.4. The molecule has 5 nitrogen and oxygen atoms in total. The topological polar surface area (TPSA) is 64.1 Å². The van der Waals surface area contributed by atoms with Crippen molar-refractivity contribution in [3.8, 4) is 0 Å². The number of hydrogen-bond donors (Lipinski definition) is 1. The summed E-state index contributed by atoms with van der Waals surface area (Å²) < 4.78 is 4.63. The van der Waals surface area contributed by atoms with Crippen LogP contribution in [0.2, 0.25) is 5.02 Å². The van der Waals surface area contributed by atoms with E-state index in [1.54, 1.807) is 12.1 Å². The molecule has 0 spiro atoms. The van der Waals surface area contributed by atoms with E-state index in [4.69, 9.17) is 11.6 Å². The predicted octanol–water partition coefficient (Wildman–Crippen LogP) is 3.84. The van der Waals surface area contributed by atoms with E-state index >= 15 is 0 Å². The van der Waals surface area contributed by atoms with Crippen molar-refractivity contribution >= 4 is 23.4 Å². The molecule has 2 aromatic rings. The van der Waals surface area contributed by atoms with Crippen molar-refractivity contribution in [1.29, 1.82) is 0 Å². The number of methoxy groups -OCH3 is 1. The normalized spacial score (nSPS) is 15.9. The molecule has 3 rings (SSSR count). The summed E-state index contributed by atoms with van der Waals surface area (Å²) >= 11 is 6.18. The van der Waals surface area contributed by atoms with Gasteiger partial charge in [0, 0.05) is 17.0 Å². The zero-order chi connectivity index (χ0) is 17.0. The second kappa shape index (κ2) is 7.18. The number of nitrogens with one attached hydrogen (secondary N) is 1. The SMILES string of the molecule is COC(=O)c1ccc(NCC2(c3cccc(Cl)c3)CCCC2)nn1. The molecule has 0 saturated heterocycles. The molecule has 1 saturated carbocycles. The molecule has 0 atom stereocenters. The van der Waals surface area contributed by atoms with Gasteiger partial charge in [-0.15, -0.1) is 10.2 Å². The van der Waals surface area contributed by atoms with Gasteiger partial charge in [-0.25, -0.2) is 4.79 Å². The average molecular weight is 346 g/mol. The van der Waals surface area contributed by atoms with E-state index in [1.165, 1.54) is 25.5 Å². The maximum Gasteiger partial charge on any atom is 0.358 e. The number of hydrogen-bond acceptors (Lipinski definition) is 5. The Bertz CT molecular complexity index is 712. The third-order valence-corrected chi connectivity index (χ3v) is 4.90. The van der Waals surface area contributed by atoms with E-state index in [0.29, 0.717) is 5.82 Å². The number of carbonyl (C=O) groups excluding carboxylic acids is 1. The monoisotopic (exact) mass is 345 g/mol. The summed E-state index contributed by atoms with van der Waals surface area (Å²) in [6.07, 6.45) is 4.66. The fourth-order valence-electron chi connectivity index (χ4n) is 3.34. The van der Waals surface area contributed by atoms with E-state index in [-0.39, 0.29) is 11.1 Å². The lowest BCUT2D eigenvalue weighted by Gasteiger charge is -2.30. The Kier molecular flexibility index (Phi) is 5.00. The van der Waals surface area contributed by atoms with Gasteiger partial charge in [-0.05, 0) is 42.7 Å². The number of ether oxygens (including phenoxy) is 1. The lowest BCUT2D eigenvalue weighted by atomic mass is 9.79. The zero-order valence-electron chi connectivity index (χ0n) is 13.6. The number of esters is 1. The van der Waals surface area contributed by atoms with Gasteiger partial charge in [0.15, 0.2) is 5.69 Å². The number of nitrogens with zero attached hydrogens (tertiary/aromatic N) is 2. The largest absolute Gasteiger partial charge is 0.464 e. The molecule has 0 bridgehead atoms. The standard InChI is InChI=1S/C18H20ClN3O2/c1-24-17(23)15-7-8-16(22-21-15)20-12-18(9-2-3-10-18)13-5-4-6-14(19)11-13/h4-8,11H,2-3,9-10,12H2,1H3,(H,20,22). The van der Waals surface area contributed by atoms with Crippen molar-refractivity contribution in [2.75, 3.05) is 19.0 Å². The van der Waals surface area contributed by atoms with E-state index in [0.717, 1.165) is 24.4 Å². The average Bonchev–Trinajstić information content (AvgIpc) is 3.10. The Morgan fingerprint density at radius 2 is 2.04 bits per heavy atom. The van der Waals surface area contributed by atoms with E-state index in [9.17, 15) is 4.79 Å². The van der Waals surface area contributed by atoms with Gasteiger partial charge in [-0.1, -0.05) is 36.6 Å². The number of anilines is 1. The highest BCUT2D eigenvalue weighted by atomic mass is 35.5. The molecule has 1 heterocycles. The fourth-order valence-corrected chi connectivity index (χ4v) is 3.53. The summed E-state index contributed by atoms with van der Waals surface area (Å²) in [6, 6.07) is 11.5. The van der Waals surface area contributed by atoms with Crippen molar-refractivity contribution < 1.29 is 9.53 Å². The minimum Gasteiger partial charge on any atom is -0.464 e. The Morgan fingerprint density at radius 1 is 1.25 bits per heavy atom. The molecule has 6 heteroatoms. The Morgan fingerprint density at radius 3 is 2.67 bits per heavy atom. The zero-order valence-corrected chi connectivity index (χ0v) is 14.3. The molecule has 1 N–H and O–H groups in total. The highest BCUT2D eigenvalue weighted by Gasteiger charge is 2.35. The van der Waals surface area contributed by atoms with Crippen LogP contribution in [-0.2, 0) is 10.2 Å². The molecular weight excluding hydrogens is 326 g/mol. The maximum atomic E-state index is 11.4. The van der Waals surface area contributed by atoms with Crippen LogP contribution >= 0.6 is 11.6 Å². The van der Waals surface area contributed by atoms with Crippen LogP contribution in [0.4, 0.5) is 5.82 Å². The molecule has 1 aromatic carbocycles. The van der Waals surface area contributed by atoms with Crippen molar-refractivity contribution in [2.45, 2.75) is 31.1 Å². The van der Waals surface area contributed by atoms with Crippen LogP contribution in [0.1, 0.15) is 41.7 Å². The van der Waals surface area contributed by atoms with Gasteiger partial charge in [-0.2, -0.15) is 0 Å². The first kappa shape index (κ1) is 16.7. The molecule has 0 unspecified atom stereocenters. The Balaban J connectivity index is 1.74. The van der Waals surface area contributed by atoms with Crippen molar-refractivity contribution in [2.24, 2.45) is 0 Å². The molecule has 1 aliphatic rings. The molecule has 1 fully saturated rings. The summed E-state index contributed by atoms with van der Waals surface area (Å²) in [5.74, 6) is 0.163. The van der Waals surface area contributed by atoms with Crippen LogP contribution in [0.3, 0.4) is 0 Å². The lowest BCUT2D eigenvalue weighted by Crippen LogP contribution is -2.31. The third-order valence-electron chi connectivity index (χ3n) is 4.66. The molecule has 0 radical (unpaired) electrons. The molecule has 126 valence electrons. The van der Waals surface area contributed by atoms with Gasteiger partial charge in [-0.3, -0.25) is 0 Å². The van der Waals surface area contributed by atoms with Gasteiger partial charge in [0.25, 0.3) is 0 Å². The fraction of sp³-hybridized carbons (Fsp3) is 0.389. The van der Waals surface area contributed by atoms with E-state index in [2.05, 4.69) is 32.4 Å². The summed E-state index contributed by atoms with van der Waals surface area (Å²) in [6.45, 7) is 0.763. The quantitative estimate of drug-likeness (QED) is 0.834. The van der Waals surface area contributed by atoms with Crippen LogP contribution < -0.4 is 5.32 Å². The van der Waals surface area contributed by atoms with E-state index in [1.807, 2.05) is 12.1 Å². The number of aromatic nitrogens is 2. The van der Waals surface area contributed by atoms with Gasteiger partial charge >= 0.3 is 5.97 Å². The first-order valence-corrected chi connectivity index (χ1v) is 8.43. The van der Waals surface area contributed by atoms with Crippen LogP contribution in [0, 0.1) is 0 Å². The summed E-state index contributed by atoms with van der Waals surface area (Å²) in [7, 11) is 1.32. The summed E-state index contributed by atoms with van der Waals surface area (Å²) in [5, 5.41) is 12.1. The molecule has 1 aliphatic carbocycles. The third kappa shape index (κ3) is 3.51. The predicted molar refractivity (Wildman–Crippen MR) is 93.5 cm³/mol. The van der Waals surface area contributed by atoms with Gasteiger partial charge in [0.1, 0.15) is 5.82 Å². The number of carbonyl (C=O) groups is 1. The van der Waals surface area contributed by atoms with Crippen LogP contribution in [0.25, 0.3) is 0 Å². The van der Waals surface area contributed by atoms with Gasteiger partial charge in [0.2, 0.25) is 0 Å². The first-order valence-electron chi connectivity index (χ1n) is 8.05. The van der Waals surface area contributed by atoms with Gasteiger partial charge < -0.3 is 10.1 Å². The molecule has 1 aromatic heterocycles. The highest BCUT2D eigenvalue weighted by Crippen LogP contribution is 2.41. The molecule has 24 heavy (non-hydrogen) atoms. The highest BCUT2D eigenvalue weighted by molar-refractivity contribution is 6.30. The maximum absolute atomic E-state index is 11.4. The minimum atomic E-state index is -0.486. The second-order valence-electron chi connectivity index (χ2n) is 6.15. The van der Waals surface area contributed by atoms with Crippen molar-refractivity contribution in [3.05, 3.63) is 52.7 Å². The minimum absolute atomic E-state index is 0.0631. The van der Waals surface area contributed by atoms with Crippen LogP contribution in [-0.4, -0.2) is 29.8 Å². The van der Waals surface area contributed by atoms with Crippen LogP contribution in [0.5, 0.6) is 0 Å². The van der Waals surface area contributed by atoms with Crippen molar-refractivity contribution in [1.82, 2.24) is 10.2 Å². The first-order chi connectivity index (χ1) is 11.6. The number of benzene rings is 1. The molecule has 0 aliphatic heterocycles. The number of rotatable bonds is 5. The lowest BCUT2D eigenvalue weighted by molar-refractivity contribution is 0.0593. The summed E-state index contributed by atoms with van der Waals surface area (Å²) in [5.41, 5.74) is 1.53. The number of halogens is 1. The Hall–Kier alpha value is -2.14. The second-order valence-corrected chi connectivity index (χ2v) is 6.58. The van der Waals surface area contributed by atoms with Crippen LogP contribution in [0.15, 0.2) is 36.4 Å². The van der Waals surface area contributed by atoms with Gasteiger partial charge in [0.05, 0.1) is 7.11 Å². The smallest absolute Gasteiger partial charge is 0.358 e.